The average Bonchev–Trinajstić information content (AvgIpc) is 3.60. The molecule has 5 rings (SSSR count). The van der Waals surface area contributed by atoms with E-state index < -0.39 is 6.36 Å². The first kappa shape index (κ1) is 30.5. The number of halogens is 3. The number of hydrogen-bond donors (Lipinski definition) is 0. The molecule has 0 spiro atoms. The molecular formula is C31H26F3N7O2S. The Morgan fingerprint density at radius 3 is 2.57 bits per heavy atom. The van der Waals surface area contributed by atoms with Gasteiger partial charge in [-0.1, -0.05) is 56.8 Å². The molecule has 13 heteroatoms. The minimum atomic E-state index is -4.79. The van der Waals surface area contributed by atoms with Crippen LogP contribution in [-0.4, -0.2) is 44.2 Å². The number of ether oxygens (including phenoxy) is 1. The Balaban J connectivity index is 1.39. The highest BCUT2D eigenvalue weighted by Gasteiger charge is 2.32. The van der Waals surface area contributed by atoms with Gasteiger partial charge in [0.1, 0.15) is 11.6 Å². The summed E-state index contributed by atoms with van der Waals surface area (Å²) in [5, 5.41) is 23.4. The van der Waals surface area contributed by atoms with E-state index >= 15 is 0 Å². The number of aromatic nitrogens is 3. The molecule has 4 aromatic rings. The second-order valence-corrected chi connectivity index (χ2v) is 10.9. The first-order valence-electron chi connectivity index (χ1n) is 13.6. The van der Waals surface area contributed by atoms with Gasteiger partial charge in [0.25, 0.3) is 0 Å². The molecule has 1 amide bonds. The van der Waals surface area contributed by atoms with Crippen molar-refractivity contribution in [3.05, 3.63) is 89.2 Å². The standard InChI is InChI=1S/C31H26F3N7O2S/c1-4-27-37-29(39-41(27)22-10-12-23(13-11-22)43-31(32,33)34)25-14-9-20(15-21(25)16-35)17-36-38-30-40(28(42)18-44-30)26-8-6-5-7-24(26)19(2)3/h5-15,17,19H,4,18H2,1-3H3. The lowest BCUT2D eigenvalue weighted by molar-refractivity contribution is -0.274. The van der Waals surface area contributed by atoms with Crippen LogP contribution >= 0.6 is 11.8 Å². The van der Waals surface area contributed by atoms with Crippen molar-refractivity contribution in [2.24, 2.45) is 10.2 Å². The number of amides is 1. The molecule has 0 bridgehead atoms. The molecule has 0 saturated carbocycles. The summed E-state index contributed by atoms with van der Waals surface area (Å²) in [5.74, 6) is 0.904. The Morgan fingerprint density at radius 1 is 1.14 bits per heavy atom. The summed E-state index contributed by atoms with van der Waals surface area (Å²) in [6.45, 7) is 6.00. The summed E-state index contributed by atoms with van der Waals surface area (Å²) in [7, 11) is 0. The molecule has 2 heterocycles. The molecule has 1 aromatic heterocycles. The van der Waals surface area contributed by atoms with Crippen LogP contribution in [0.15, 0.2) is 76.9 Å². The van der Waals surface area contributed by atoms with E-state index in [1.807, 2.05) is 31.2 Å². The Bertz CT molecular complexity index is 1790. The highest BCUT2D eigenvalue weighted by molar-refractivity contribution is 8.15. The van der Waals surface area contributed by atoms with Crippen LogP contribution in [0.1, 0.15) is 49.2 Å². The third kappa shape index (κ3) is 6.65. The Morgan fingerprint density at radius 2 is 1.89 bits per heavy atom. The van der Waals surface area contributed by atoms with Crippen LogP contribution in [0.5, 0.6) is 5.75 Å². The van der Waals surface area contributed by atoms with E-state index in [1.54, 1.807) is 23.1 Å². The first-order chi connectivity index (χ1) is 21.1. The van der Waals surface area contributed by atoms with E-state index in [2.05, 4.69) is 44.9 Å². The lowest BCUT2D eigenvalue weighted by atomic mass is 10.0. The van der Waals surface area contributed by atoms with Crippen LogP contribution in [0, 0.1) is 11.3 Å². The van der Waals surface area contributed by atoms with Gasteiger partial charge in [0.15, 0.2) is 11.0 Å². The van der Waals surface area contributed by atoms with Gasteiger partial charge in [-0.2, -0.15) is 10.4 Å². The maximum absolute atomic E-state index is 12.7. The van der Waals surface area contributed by atoms with E-state index in [-0.39, 0.29) is 29.2 Å². The molecule has 44 heavy (non-hydrogen) atoms. The Kier molecular flexibility index (Phi) is 8.82. The number of carbonyl (C=O) groups excluding carboxylic acids is 1. The van der Waals surface area contributed by atoms with Crippen LogP contribution in [0.4, 0.5) is 18.9 Å². The molecule has 1 aliphatic rings. The summed E-state index contributed by atoms with van der Waals surface area (Å²) in [4.78, 5) is 18.9. The molecule has 0 unspecified atom stereocenters. The van der Waals surface area contributed by atoms with E-state index in [9.17, 15) is 23.2 Å². The monoisotopic (exact) mass is 617 g/mol. The molecule has 9 nitrogen and oxygen atoms in total. The van der Waals surface area contributed by atoms with Gasteiger partial charge >= 0.3 is 6.36 Å². The van der Waals surface area contributed by atoms with Crippen molar-refractivity contribution in [1.82, 2.24) is 14.8 Å². The number of hydrogen-bond acceptors (Lipinski definition) is 8. The Hall–Kier alpha value is -4.96. The minimum Gasteiger partial charge on any atom is -0.406 e. The molecule has 1 aliphatic heterocycles. The second kappa shape index (κ2) is 12.7. The van der Waals surface area contributed by atoms with Crippen molar-refractivity contribution in [1.29, 1.82) is 5.26 Å². The van der Waals surface area contributed by atoms with Gasteiger partial charge in [0, 0.05) is 12.0 Å². The highest BCUT2D eigenvalue weighted by Crippen LogP contribution is 2.33. The zero-order valence-electron chi connectivity index (χ0n) is 23.9. The van der Waals surface area contributed by atoms with Gasteiger partial charge in [-0.05, 0) is 59.5 Å². The molecule has 0 aliphatic carbocycles. The number of alkyl halides is 3. The molecule has 0 N–H and O–H groups in total. The number of anilines is 1. The van der Waals surface area contributed by atoms with Crippen LogP contribution in [0.25, 0.3) is 17.1 Å². The number of nitriles is 1. The van der Waals surface area contributed by atoms with Crippen LogP contribution < -0.4 is 9.64 Å². The Labute approximate surface area is 255 Å². The third-order valence-electron chi connectivity index (χ3n) is 6.63. The van der Waals surface area contributed by atoms with Crippen molar-refractivity contribution < 1.29 is 22.7 Å². The predicted octanol–water partition coefficient (Wildman–Crippen LogP) is 6.86. The lowest BCUT2D eigenvalue weighted by Crippen LogP contribution is -2.30. The van der Waals surface area contributed by atoms with Crippen LogP contribution in [-0.2, 0) is 11.2 Å². The number of thioether (sulfide) groups is 1. The fraction of sp³-hybridized carbons (Fsp3) is 0.226. The number of aryl methyl sites for hydroxylation is 1. The van der Waals surface area contributed by atoms with Crippen LogP contribution in [0.3, 0.4) is 0 Å². The number of carbonyl (C=O) groups is 1. The number of para-hydroxylation sites is 1. The molecule has 3 aromatic carbocycles. The summed E-state index contributed by atoms with van der Waals surface area (Å²) in [6, 6.07) is 20.2. The van der Waals surface area contributed by atoms with Gasteiger partial charge < -0.3 is 4.74 Å². The van der Waals surface area contributed by atoms with Gasteiger partial charge in [0.2, 0.25) is 5.91 Å². The molecule has 0 atom stereocenters. The van der Waals surface area contributed by atoms with Gasteiger partial charge in [0.05, 0.1) is 35.0 Å². The highest BCUT2D eigenvalue weighted by atomic mass is 32.2. The topological polar surface area (TPSA) is 109 Å². The molecular weight excluding hydrogens is 591 g/mol. The van der Waals surface area contributed by atoms with Gasteiger partial charge in [-0.3, -0.25) is 9.69 Å². The van der Waals surface area contributed by atoms with Gasteiger partial charge in [-0.25, -0.2) is 9.67 Å². The largest absolute Gasteiger partial charge is 0.573 e. The molecule has 1 fully saturated rings. The second-order valence-electron chi connectivity index (χ2n) is 9.93. The van der Waals surface area contributed by atoms with Gasteiger partial charge in [-0.15, -0.1) is 23.4 Å². The lowest BCUT2D eigenvalue weighted by Gasteiger charge is -2.20. The van der Waals surface area contributed by atoms with E-state index in [4.69, 9.17) is 0 Å². The fourth-order valence-corrected chi connectivity index (χ4v) is 5.43. The van der Waals surface area contributed by atoms with E-state index in [1.165, 1.54) is 46.9 Å². The normalized spacial score (nSPS) is 14.6. The molecule has 224 valence electrons. The summed E-state index contributed by atoms with van der Waals surface area (Å²) in [6.07, 6.45) is -2.80. The summed E-state index contributed by atoms with van der Waals surface area (Å²) in [5.41, 5.74) is 3.69. The summed E-state index contributed by atoms with van der Waals surface area (Å²) >= 11 is 1.31. The van der Waals surface area contributed by atoms with Crippen molar-refractivity contribution in [3.63, 3.8) is 0 Å². The maximum Gasteiger partial charge on any atom is 0.573 e. The van der Waals surface area contributed by atoms with Crippen molar-refractivity contribution in [2.75, 3.05) is 10.7 Å². The smallest absolute Gasteiger partial charge is 0.406 e. The number of benzene rings is 3. The zero-order chi connectivity index (χ0) is 31.4. The SMILES string of the molecule is CCc1nc(-c2ccc(C=NN=C3SCC(=O)N3c3ccccc3C(C)C)cc2C#N)nn1-c1ccc(OC(F)(F)F)cc1. The van der Waals surface area contributed by atoms with Crippen LogP contribution in [0.2, 0.25) is 0 Å². The first-order valence-corrected chi connectivity index (χ1v) is 14.6. The average molecular weight is 618 g/mol. The van der Waals surface area contributed by atoms with Crippen molar-refractivity contribution >= 4 is 34.7 Å². The zero-order valence-corrected chi connectivity index (χ0v) is 24.7. The minimum absolute atomic E-state index is 0.0721. The quantitative estimate of drug-likeness (QED) is 0.158. The number of amidine groups is 1. The maximum atomic E-state index is 12.7. The van der Waals surface area contributed by atoms with E-state index in [0.717, 1.165) is 11.3 Å². The number of rotatable bonds is 8. The predicted molar refractivity (Wildman–Crippen MR) is 163 cm³/mol. The van der Waals surface area contributed by atoms with Crippen molar-refractivity contribution in [2.45, 2.75) is 39.5 Å². The summed E-state index contributed by atoms with van der Waals surface area (Å²) < 4.78 is 43.1. The molecule has 1 saturated heterocycles. The molecule has 0 radical (unpaired) electrons. The number of nitrogens with zero attached hydrogens (tertiary/aromatic N) is 7. The fourth-order valence-electron chi connectivity index (χ4n) is 4.61. The van der Waals surface area contributed by atoms with E-state index in [0.29, 0.717) is 39.8 Å². The van der Waals surface area contributed by atoms with Crippen molar-refractivity contribution in [3.8, 4) is 28.9 Å². The third-order valence-corrected chi connectivity index (χ3v) is 7.54.